The Labute approximate surface area is 136 Å². The number of rotatable bonds is 4. The molecule has 2 rings (SSSR count). The average molecular weight is 319 g/mol. The molecular formula is C17H25N3O3. The minimum Gasteiger partial charge on any atom is -0.464 e. The zero-order valence-corrected chi connectivity index (χ0v) is 13.6. The largest absolute Gasteiger partial charge is 0.464 e. The summed E-state index contributed by atoms with van der Waals surface area (Å²) >= 11 is 0. The van der Waals surface area contributed by atoms with E-state index in [-0.39, 0.29) is 17.7 Å². The van der Waals surface area contributed by atoms with Gasteiger partial charge in [-0.3, -0.25) is 4.79 Å². The Kier molecular flexibility index (Phi) is 5.60. The van der Waals surface area contributed by atoms with Gasteiger partial charge in [-0.2, -0.15) is 0 Å². The summed E-state index contributed by atoms with van der Waals surface area (Å²) in [5.41, 5.74) is 1.19. The van der Waals surface area contributed by atoms with Crippen molar-refractivity contribution in [3.63, 3.8) is 0 Å². The number of nitrogens with two attached hydrogens (primary N) is 1. The molecule has 126 valence electrons. The molecule has 3 unspecified atom stereocenters. The number of amides is 2. The number of carbonyl (C=O) groups excluding carboxylic acids is 1. The molecule has 3 atom stereocenters. The number of hydrogen-bond acceptors (Lipinski definition) is 3. The van der Waals surface area contributed by atoms with Gasteiger partial charge in [0, 0.05) is 12.5 Å². The van der Waals surface area contributed by atoms with Crippen LogP contribution < -0.4 is 11.2 Å². The number of hydrogen-bond donors (Lipinski definition) is 3. The summed E-state index contributed by atoms with van der Waals surface area (Å²) in [5, 5.41) is 12.9. The predicted octanol–water partition coefficient (Wildman–Crippen LogP) is 2.17. The van der Waals surface area contributed by atoms with Gasteiger partial charge >= 0.3 is 6.09 Å². The van der Waals surface area contributed by atoms with Crippen LogP contribution in [0.1, 0.15) is 38.2 Å². The van der Waals surface area contributed by atoms with E-state index in [2.05, 4.69) is 17.4 Å². The van der Waals surface area contributed by atoms with Gasteiger partial charge in [-0.15, -0.1) is 0 Å². The van der Waals surface area contributed by atoms with Gasteiger partial charge in [-0.05, 0) is 24.3 Å². The lowest BCUT2D eigenvalue weighted by Gasteiger charge is -2.33. The third kappa shape index (κ3) is 4.01. The fraction of sp³-hybridized carbons (Fsp3) is 0.529. The molecule has 2 amide bonds. The lowest BCUT2D eigenvalue weighted by Crippen LogP contribution is -2.54. The maximum absolute atomic E-state index is 12.5. The van der Waals surface area contributed by atoms with E-state index in [1.54, 1.807) is 0 Å². The van der Waals surface area contributed by atoms with Crippen LogP contribution in [0.15, 0.2) is 30.3 Å². The summed E-state index contributed by atoms with van der Waals surface area (Å²) in [4.78, 5) is 23.7. The van der Waals surface area contributed by atoms with Crippen LogP contribution in [0.3, 0.4) is 0 Å². The van der Waals surface area contributed by atoms with Crippen molar-refractivity contribution >= 4 is 12.0 Å². The Balaban J connectivity index is 2.17. The van der Waals surface area contributed by atoms with E-state index in [1.807, 2.05) is 32.0 Å². The van der Waals surface area contributed by atoms with Crippen molar-refractivity contribution in [3.8, 4) is 0 Å². The van der Waals surface area contributed by atoms with Crippen molar-refractivity contribution in [2.24, 2.45) is 17.7 Å². The summed E-state index contributed by atoms with van der Waals surface area (Å²) in [7, 11) is 0. The normalized spacial score (nSPS) is 23.0. The molecule has 1 fully saturated rings. The lowest BCUT2D eigenvalue weighted by molar-refractivity contribution is -0.127. The second-order valence-electron chi connectivity index (χ2n) is 6.46. The molecule has 4 N–H and O–H groups in total. The van der Waals surface area contributed by atoms with Crippen molar-refractivity contribution in [2.75, 3.05) is 6.54 Å². The van der Waals surface area contributed by atoms with E-state index in [0.29, 0.717) is 13.0 Å². The predicted molar refractivity (Wildman–Crippen MR) is 87.6 cm³/mol. The van der Waals surface area contributed by atoms with E-state index >= 15 is 0 Å². The number of hydrazine groups is 1. The molecule has 1 aromatic carbocycles. The van der Waals surface area contributed by atoms with Gasteiger partial charge in [-0.1, -0.05) is 44.2 Å². The first-order valence-corrected chi connectivity index (χ1v) is 8.01. The number of nitrogens with zero attached hydrogens (tertiary/aromatic N) is 1. The Morgan fingerprint density at radius 3 is 2.52 bits per heavy atom. The first-order valence-electron chi connectivity index (χ1n) is 8.01. The fourth-order valence-electron chi connectivity index (χ4n) is 3.41. The summed E-state index contributed by atoms with van der Waals surface area (Å²) in [6.45, 7) is 4.35. The van der Waals surface area contributed by atoms with E-state index < -0.39 is 18.1 Å². The maximum atomic E-state index is 12.5. The van der Waals surface area contributed by atoms with Crippen LogP contribution in [0, 0.1) is 11.8 Å². The second-order valence-corrected chi connectivity index (χ2v) is 6.46. The van der Waals surface area contributed by atoms with E-state index in [9.17, 15) is 14.7 Å². The van der Waals surface area contributed by atoms with Gasteiger partial charge in [0.05, 0.1) is 12.0 Å². The smallest absolute Gasteiger partial charge is 0.421 e. The van der Waals surface area contributed by atoms with Gasteiger partial charge < -0.3 is 10.4 Å². The average Bonchev–Trinajstić information content (AvgIpc) is 2.71. The van der Waals surface area contributed by atoms with Crippen molar-refractivity contribution in [3.05, 3.63) is 35.9 Å². The number of benzene rings is 1. The van der Waals surface area contributed by atoms with Crippen LogP contribution >= 0.6 is 0 Å². The summed E-state index contributed by atoms with van der Waals surface area (Å²) < 4.78 is 0. The first kappa shape index (κ1) is 17.3. The highest BCUT2D eigenvalue weighted by molar-refractivity contribution is 5.80. The standard InChI is InChI=1S/C17H25N3O3/c1-11(2)15(20(18)17(22)23)14-9-8-13(10-19-16(14)21)12-6-4-3-5-7-12/h3-7,11,13-15H,8-10,18H2,1-2H3,(H,19,21)(H,22,23). The van der Waals surface area contributed by atoms with Gasteiger partial charge in [-0.25, -0.2) is 15.6 Å². The van der Waals surface area contributed by atoms with Crippen LogP contribution in [0.25, 0.3) is 0 Å². The quantitative estimate of drug-likeness (QED) is 0.450. The molecule has 6 heteroatoms. The molecule has 0 bridgehead atoms. The minimum absolute atomic E-state index is 0.0416. The van der Waals surface area contributed by atoms with Gasteiger partial charge in [0.1, 0.15) is 0 Å². The lowest BCUT2D eigenvalue weighted by atomic mass is 9.84. The fourth-order valence-corrected chi connectivity index (χ4v) is 3.41. The monoisotopic (exact) mass is 319 g/mol. The highest BCUT2D eigenvalue weighted by Crippen LogP contribution is 2.30. The van der Waals surface area contributed by atoms with Gasteiger partial charge in [0.2, 0.25) is 5.91 Å². The van der Waals surface area contributed by atoms with Crippen LogP contribution in [-0.2, 0) is 4.79 Å². The summed E-state index contributed by atoms with van der Waals surface area (Å²) in [6, 6.07) is 9.54. The second kappa shape index (κ2) is 7.46. The molecule has 1 aliphatic heterocycles. The Hall–Kier alpha value is -2.08. The molecule has 23 heavy (non-hydrogen) atoms. The van der Waals surface area contributed by atoms with Crippen molar-refractivity contribution in [2.45, 2.75) is 38.6 Å². The van der Waals surface area contributed by atoms with Crippen LogP contribution in [0.5, 0.6) is 0 Å². The third-order valence-electron chi connectivity index (χ3n) is 4.59. The maximum Gasteiger partial charge on any atom is 0.421 e. The van der Waals surface area contributed by atoms with E-state index in [1.165, 1.54) is 5.56 Å². The highest BCUT2D eigenvalue weighted by Gasteiger charge is 2.38. The SMILES string of the molecule is CC(C)C(C1CCC(c2ccccc2)CNC1=O)N(N)C(=O)O. The first-order chi connectivity index (χ1) is 10.9. The zero-order valence-electron chi connectivity index (χ0n) is 13.6. The molecule has 0 aromatic heterocycles. The molecule has 1 heterocycles. The molecule has 1 aliphatic rings. The third-order valence-corrected chi connectivity index (χ3v) is 4.59. The topological polar surface area (TPSA) is 95.7 Å². The highest BCUT2D eigenvalue weighted by atomic mass is 16.4. The van der Waals surface area contributed by atoms with Gasteiger partial charge in [0.15, 0.2) is 0 Å². The van der Waals surface area contributed by atoms with E-state index in [0.717, 1.165) is 11.4 Å². The molecule has 0 saturated carbocycles. The molecule has 0 aliphatic carbocycles. The van der Waals surface area contributed by atoms with Crippen molar-refractivity contribution < 1.29 is 14.7 Å². The van der Waals surface area contributed by atoms with Crippen molar-refractivity contribution in [1.82, 2.24) is 10.3 Å². The molecule has 1 aromatic rings. The molecular weight excluding hydrogens is 294 g/mol. The Morgan fingerprint density at radius 2 is 1.96 bits per heavy atom. The van der Waals surface area contributed by atoms with E-state index in [4.69, 9.17) is 5.84 Å². The van der Waals surface area contributed by atoms with Gasteiger partial charge in [0.25, 0.3) is 0 Å². The summed E-state index contributed by atoms with van der Waals surface area (Å²) in [6.07, 6.45) is 0.236. The Morgan fingerprint density at radius 1 is 1.30 bits per heavy atom. The van der Waals surface area contributed by atoms with Crippen molar-refractivity contribution in [1.29, 1.82) is 0 Å². The Bertz CT molecular complexity index is 547. The zero-order chi connectivity index (χ0) is 17.0. The van der Waals surface area contributed by atoms with Crippen LogP contribution in [0.4, 0.5) is 4.79 Å². The summed E-state index contributed by atoms with van der Waals surface area (Å²) in [5.74, 6) is 5.37. The number of carbonyl (C=O) groups is 2. The number of carboxylic acid groups (broad SMARTS) is 1. The molecule has 1 saturated heterocycles. The molecule has 0 spiro atoms. The van der Waals surface area contributed by atoms with Crippen LogP contribution in [0.2, 0.25) is 0 Å². The number of nitrogens with one attached hydrogen (secondary N) is 1. The van der Waals surface area contributed by atoms with Crippen LogP contribution in [-0.4, -0.2) is 34.7 Å². The minimum atomic E-state index is -1.21. The molecule has 0 radical (unpaired) electrons. The molecule has 6 nitrogen and oxygen atoms in total.